The maximum Gasteiger partial charge on any atom is 0.329 e. The Labute approximate surface area is 96.4 Å². The topological polar surface area (TPSA) is 84.7 Å². The molecule has 0 radical (unpaired) electrons. The molecule has 90 valence electrons. The summed E-state index contributed by atoms with van der Waals surface area (Å²) in [5.74, 6) is 0.520. The average molecular weight is 235 g/mol. The Morgan fingerprint density at radius 2 is 2.24 bits per heavy atom. The highest BCUT2D eigenvalue weighted by Crippen LogP contribution is 2.14. The van der Waals surface area contributed by atoms with E-state index in [-0.39, 0.29) is 0 Å². The lowest BCUT2D eigenvalue weighted by atomic mass is 10.5. The number of aryl methyl sites for hydroxylation is 1. The number of hydrogen-bond acceptors (Lipinski definition) is 4. The quantitative estimate of drug-likeness (QED) is 0.712. The second-order valence-corrected chi connectivity index (χ2v) is 3.58. The molecule has 17 heavy (non-hydrogen) atoms. The molecule has 0 fully saturated rings. The van der Waals surface area contributed by atoms with Gasteiger partial charge in [0.25, 0.3) is 5.56 Å². The summed E-state index contributed by atoms with van der Waals surface area (Å²) < 4.78 is 2.97. The third-order valence-corrected chi connectivity index (χ3v) is 2.54. The van der Waals surface area contributed by atoms with E-state index >= 15 is 0 Å². The van der Waals surface area contributed by atoms with Crippen LogP contribution in [-0.4, -0.2) is 26.1 Å². The van der Waals surface area contributed by atoms with E-state index in [0.717, 1.165) is 0 Å². The van der Waals surface area contributed by atoms with Crippen molar-refractivity contribution < 1.29 is 0 Å². The van der Waals surface area contributed by atoms with Crippen LogP contribution in [0.15, 0.2) is 22.2 Å². The van der Waals surface area contributed by atoms with Gasteiger partial charge >= 0.3 is 5.69 Å². The maximum absolute atomic E-state index is 11.8. The minimum Gasteiger partial charge on any atom is -0.359 e. The van der Waals surface area contributed by atoms with Crippen molar-refractivity contribution in [3.8, 4) is 0 Å². The molecule has 0 aliphatic heterocycles. The van der Waals surface area contributed by atoms with Gasteiger partial charge < -0.3 is 9.88 Å². The molecule has 0 saturated heterocycles. The molecule has 0 atom stereocenters. The Morgan fingerprint density at radius 1 is 1.53 bits per heavy atom. The maximum atomic E-state index is 11.8. The zero-order valence-electron chi connectivity index (χ0n) is 9.65. The fourth-order valence-corrected chi connectivity index (χ4v) is 1.73. The van der Waals surface area contributed by atoms with Gasteiger partial charge in [-0.25, -0.2) is 4.79 Å². The van der Waals surface area contributed by atoms with E-state index < -0.39 is 11.2 Å². The van der Waals surface area contributed by atoms with Crippen molar-refractivity contribution in [1.82, 2.24) is 19.1 Å². The third kappa shape index (κ3) is 1.55. The van der Waals surface area contributed by atoms with Crippen molar-refractivity contribution in [2.45, 2.75) is 6.54 Å². The highest BCUT2D eigenvalue weighted by atomic mass is 16.2. The Balaban J connectivity index is 2.97. The van der Waals surface area contributed by atoms with Crippen LogP contribution in [0, 0.1) is 0 Å². The molecule has 0 unspecified atom stereocenters. The summed E-state index contributed by atoms with van der Waals surface area (Å²) in [6.45, 7) is 4.07. The van der Waals surface area contributed by atoms with Gasteiger partial charge in [-0.3, -0.25) is 14.3 Å². The number of hydrogen-bond donors (Lipinski definition) is 2. The first kappa shape index (κ1) is 11.2. The number of rotatable bonds is 3. The minimum absolute atomic E-state index is 0.352. The molecule has 2 N–H and O–H groups in total. The monoisotopic (exact) mass is 235 g/mol. The Bertz CT molecular complexity index is 691. The number of imidazole rings is 1. The van der Waals surface area contributed by atoms with Crippen molar-refractivity contribution in [2.24, 2.45) is 7.05 Å². The van der Waals surface area contributed by atoms with Gasteiger partial charge in [0.1, 0.15) is 0 Å². The fraction of sp³-hybridized carbons (Fsp3) is 0.300. The lowest BCUT2D eigenvalue weighted by molar-refractivity contribution is 0.820. The van der Waals surface area contributed by atoms with Gasteiger partial charge in [-0.05, 0) is 0 Å². The summed E-state index contributed by atoms with van der Waals surface area (Å²) in [6, 6.07) is 0. The molecule has 0 aliphatic carbocycles. The predicted molar refractivity (Wildman–Crippen MR) is 65.3 cm³/mol. The van der Waals surface area contributed by atoms with Crippen LogP contribution in [-0.2, 0) is 13.6 Å². The normalized spacial score (nSPS) is 10.7. The zero-order chi connectivity index (χ0) is 12.6. The van der Waals surface area contributed by atoms with Crippen molar-refractivity contribution in [2.75, 3.05) is 12.4 Å². The molecule has 0 spiro atoms. The van der Waals surface area contributed by atoms with E-state index in [4.69, 9.17) is 0 Å². The number of H-pyrrole nitrogens is 1. The molecular formula is C10H13N5O2. The SMILES string of the molecule is C=CCn1c(NC)nc2c1c(=O)[nH]c(=O)n2C. The first-order chi connectivity index (χ1) is 8.10. The second-order valence-electron chi connectivity index (χ2n) is 3.58. The summed E-state index contributed by atoms with van der Waals surface area (Å²) in [6.07, 6.45) is 1.66. The highest BCUT2D eigenvalue weighted by Gasteiger charge is 2.15. The van der Waals surface area contributed by atoms with Crippen LogP contribution in [0.1, 0.15) is 0 Å². The minimum atomic E-state index is -0.478. The van der Waals surface area contributed by atoms with Gasteiger partial charge in [0.15, 0.2) is 11.2 Å². The lowest BCUT2D eigenvalue weighted by Crippen LogP contribution is -2.29. The Kier molecular flexibility index (Phi) is 2.58. The van der Waals surface area contributed by atoms with Crippen molar-refractivity contribution in [3.63, 3.8) is 0 Å². The molecule has 0 aromatic carbocycles. The first-order valence-corrected chi connectivity index (χ1v) is 5.08. The number of fused-ring (bicyclic) bond motifs is 1. The third-order valence-electron chi connectivity index (χ3n) is 2.54. The molecule has 0 aliphatic rings. The van der Waals surface area contributed by atoms with E-state index in [1.807, 2.05) is 0 Å². The van der Waals surface area contributed by atoms with Crippen LogP contribution in [0.2, 0.25) is 0 Å². The van der Waals surface area contributed by atoms with E-state index in [2.05, 4.69) is 21.9 Å². The summed E-state index contributed by atoms with van der Waals surface area (Å²) in [5, 5.41) is 2.88. The Hall–Kier alpha value is -2.31. The van der Waals surface area contributed by atoms with Gasteiger partial charge in [-0.1, -0.05) is 6.08 Å². The van der Waals surface area contributed by atoms with Crippen LogP contribution in [0.5, 0.6) is 0 Å². The van der Waals surface area contributed by atoms with Crippen molar-refractivity contribution >= 4 is 17.1 Å². The number of allylic oxidation sites excluding steroid dienone is 1. The molecule has 2 aromatic rings. The molecule has 0 amide bonds. The molecule has 2 heterocycles. The van der Waals surface area contributed by atoms with E-state index in [1.165, 1.54) is 4.57 Å². The van der Waals surface area contributed by atoms with E-state index in [9.17, 15) is 9.59 Å². The second kappa shape index (κ2) is 3.93. The molecule has 0 bridgehead atoms. The van der Waals surface area contributed by atoms with Crippen LogP contribution in [0.4, 0.5) is 5.95 Å². The smallest absolute Gasteiger partial charge is 0.329 e. The summed E-state index contributed by atoms with van der Waals surface area (Å²) in [4.78, 5) is 29.7. The summed E-state index contributed by atoms with van der Waals surface area (Å²) >= 11 is 0. The van der Waals surface area contributed by atoms with Crippen molar-refractivity contribution in [1.29, 1.82) is 0 Å². The summed E-state index contributed by atoms with van der Waals surface area (Å²) in [7, 11) is 3.26. The molecule has 2 rings (SSSR count). The van der Waals surface area contributed by atoms with Crippen molar-refractivity contribution in [3.05, 3.63) is 33.5 Å². The van der Waals surface area contributed by atoms with Crippen LogP contribution < -0.4 is 16.6 Å². The fourth-order valence-electron chi connectivity index (χ4n) is 1.73. The number of aromatic nitrogens is 4. The summed E-state index contributed by atoms with van der Waals surface area (Å²) in [5.41, 5.74) is -0.214. The van der Waals surface area contributed by atoms with Crippen LogP contribution >= 0.6 is 0 Å². The number of nitrogens with one attached hydrogen (secondary N) is 2. The van der Waals surface area contributed by atoms with Crippen LogP contribution in [0.3, 0.4) is 0 Å². The Morgan fingerprint density at radius 3 is 2.82 bits per heavy atom. The van der Waals surface area contributed by atoms with Crippen LogP contribution in [0.25, 0.3) is 11.2 Å². The molecular weight excluding hydrogens is 222 g/mol. The molecule has 7 heteroatoms. The number of nitrogens with zero attached hydrogens (tertiary/aromatic N) is 3. The van der Waals surface area contributed by atoms with Gasteiger partial charge in [0.2, 0.25) is 5.95 Å². The number of anilines is 1. The zero-order valence-corrected chi connectivity index (χ0v) is 9.65. The molecule has 0 saturated carbocycles. The van der Waals surface area contributed by atoms with Gasteiger partial charge in [0.05, 0.1) is 0 Å². The predicted octanol–water partition coefficient (Wildman–Crippen LogP) is -0.349. The van der Waals surface area contributed by atoms with Gasteiger partial charge in [0, 0.05) is 20.6 Å². The lowest BCUT2D eigenvalue weighted by Gasteiger charge is -2.03. The largest absolute Gasteiger partial charge is 0.359 e. The highest BCUT2D eigenvalue weighted by molar-refractivity contribution is 5.74. The molecule has 7 nitrogen and oxygen atoms in total. The van der Waals surface area contributed by atoms with Gasteiger partial charge in [-0.15, -0.1) is 6.58 Å². The van der Waals surface area contributed by atoms with E-state index in [1.54, 1.807) is 24.7 Å². The van der Waals surface area contributed by atoms with Gasteiger partial charge in [-0.2, -0.15) is 4.98 Å². The number of aromatic amines is 1. The molecule has 2 aromatic heterocycles. The standard InChI is InChI=1S/C10H13N5O2/c1-4-5-15-6-7(12-9(15)11-2)14(3)10(17)13-8(6)16/h4H,1,5H2,2-3H3,(H,11,12)(H,13,16,17). The van der Waals surface area contributed by atoms with E-state index in [0.29, 0.717) is 23.7 Å². The average Bonchev–Trinajstić information content (AvgIpc) is 2.66. The first-order valence-electron chi connectivity index (χ1n) is 5.08.